The molecule has 0 atom stereocenters. The minimum absolute atomic E-state index is 0.126. The highest BCUT2D eigenvalue weighted by Crippen LogP contribution is 2.31. The fourth-order valence-electron chi connectivity index (χ4n) is 1.79. The van der Waals surface area contributed by atoms with Crippen LogP contribution in [0.1, 0.15) is 13.8 Å². The number of benzene rings is 1. The summed E-state index contributed by atoms with van der Waals surface area (Å²) >= 11 is 0. The van der Waals surface area contributed by atoms with E-state index in [0.29, 0.717) is 5.75 Å². The van der Waals surface area contributed by atoms with Gasteiger partial charge in [0.2, 0.25) is 10.0 Å². The number of carboxylic acid groups (broad SMARTS) is 1. The summed E-state index contributed by atoms with van der Waals surface area (Å²) in [6.07, 6.45) is 0. The van der Waals surface area contributed by atoms with Crippen molar-refractivity contribution < 1.29 is 27.8 Å². The molecule has 0 saturated heterocycles. The van der Waals surface area contributed by atoms with Crippen LogP contribution in [0, 0.1) is 0 Å². The molecule has 1 aromatic carbocycles. The van der Waals surface area contributed by atoms with Crippen molar-refractivity contribution in [2.45, 2.75) is 24.8 Å². The number of nitrogens with zero attached hydrogens (tertiary/aromatic N) is 1. The summed E-state index contributed by atoms with van der Waals surface area (Å²) in [5.74, 6) is -0.755. The molecule has 0 aromatic heterocycles. The number of ether oxygens (including phenoxy) is 2. The topological polar surface area (TPSA) is 93.1 Å². The van der Waals surface area contributed by atoms with Gasteiger partial charge in [0.25, 0.3) is 0 Å². The number of carboxylic acids is 1. The molecule has 0 spiro atoms. The monoisotopic (exact) mass is 317 g/mol. The van der Waals surface area contributed by atoms with Gasteiger partial charge in [-0.3, -0.25) is 4.79 Å². The Morgan fingerprint density at radius 1 is 1.29 bits per heavy atom. The van der Waals surface area contributed by atoms with Crippen LogP contribution < -0.4 is 9.47 Å². The molecular formula is C13H19NO6S. The molecule has 0 heterocycles. The second kappa shape index (κ2) is 6.77. The molecule has 1 rings (SSSR count). The van der Waals surface area contributed by atoms with Gasteiger partial charge in [-0.1, -0.05) is 0 Å². The average Bonchev–Trinajstić information content (AvgIpc) is 2.43. The molecule has 0 saturated carbocycles. The Balaban J connectivity index is 3.42. The van der Waals surface area contributed by atoms with Gasteiger partial charge in [0.1, 0.15) is 22.9 Å². The molecule has 21 heavy (non-hydrogen) atoms. The predicted molar refractivity (Wildman–Crippen MR) is 76.2 cm³/mol. The first-order chi connectivity index (χ1) is 9.73. The van der Waals surface area contributed by atoms with Gasteiger partial charge >= 0.3 is 5.97 Å². The molecule has 0 unspecified atom stereocenters. The van der Waals surface area contributed by atoms with Crippen LogP contribution in [0.25, 0.3) is 0 Å². The van der Waals surface area contributed by atoms with Gasteiger partial charge in [-0.05, 0) is 26.0 Å². The van der Waals surface area contributed by atoms with E-state index >= 15 is 0 Å². The Hall–Kier alpha value is -1.80. The third-order valence-electron chi connectivity index (χ3n) is 2.82. The first kappa shape index (κ1) is 17.3. The molecule has 0 aliphatic heterocycles. The molecule has 0 aliphatic carbocycles. The highest BCUT2D eigenvalue weighted by Gasteiger charge is 2.31. The molecule has 8 heteroatoms. The van der Waals surface area contributed by atoms with Gasteiger partial charge in [-0.15, -0.1) is 0 Å². The smallest absolute Gasteiger partial charge is 0.318 e. The Morgan fingerprint density at radius 2 is 1.90 bits per heavy atom. The highest BCUT2D eigenvalue weighted by atomic mass is 32.2. The van der Waals surface area contributed by atoms with Crippen LogP contribution in [0.15, 0.2) is 23.1 Å². The SMILES string of the molecule is COc1ccc(OC)c(S(=O)(=O)N(CC(=O)O)C(C)C)c1. The first-order valence-electron chi connectivity index (χ1n) is 6.19. The van der Waals surface area contributed by atoms with E-state index in [1.54, 1.807) is 19.9 Å². The van der Waals surface area contributed by atoms with Crippen LogP contribution in [0.4, 0.5) is 0 Å². The van der Waals surface area contributed by atoms with Crippen LogP contribution in [0.2, 0.25) is 0 Å². The summed E-state index contributed by atoms with van der Waals surface area (Å²) < 4.78 is 36.3. The van der Waals surface area contributed by atoms with E-state index in [9.17, 15) is 13.2 Å². The molecule has 7 nitrogen and oxygen atoms in total. The van der Waals surface area contributed by atoms with E-state index in [4.69, 9.17) is 14.6 Å². The molecule has 0 bridgehead atoms. The lowest BCUT2D eigenvalue weighted by Gasteiger charge is -2.25. The second-order valence-electron chi connectivity index (χ2n) is 4.55. The van der Waals surface area contributed by atoms with Crippen LogP contribution in [0.3, 0.4) is 0 Å². The number of rotatable bonds is 7. The van der Waals surface area contributed by atoms with Crippen molar-refractivity contribution in [1.82, 2.24) is 4.31 Å². The van der Waals surface area contributed by atoms with Gasteiger partial charge in [-0.2, -0.15) is 4.31 Å². The number of hydrogen-bond acceptors (Lipinski definition) is 5. The Kier molecular flexibility index (Phi) is 5.56. The maximum atomic E-state index is 12.7. The van der Waals surface area contributed by atoms with Crippen LogP contribution >= 0.6 is 0 Å². The molecule has 118 valence electrons. The minimum atomic E-state index is -4.02. The lowest BCUT2D eigenvalue weighted by Crippen LogP contribution is -2.40. The average molecular weight is 317 g/mol. The zero-order valence-electron chi connectivity index (χ0n) is 12.4. The number of aliphatic carboxylic acids is 1. The third kappa shape index (κ3) is 3.85. The number of hydrogen-bond donors (Lipinski definition) is 1. The van der Waals surface area contributed by atoms with Crippen molar-refractivity contribution in [2.24, 2.45) is 0 Å². The van der Waals surface area contributed by atoms with Gasteiger partial charge in [-0.25, -0.2) is 8.42 Å². The normalized spacial score (nSPS) is 11.7. The van der Waals surface area contributed by atoms with E-state index in [0.717, 1.165) is 4.31 Å². The first-order valence-corrected chi connectivity index (χ1v) is 7.63. The lowest BCUT2D eigenvalue weighted by atomic mass is 10.3. The predicted octanol–water partition coefficient (Wildman–Crippen LogP) is 1.19. The van der Waals surface area contributed by atoms with Gasteiger partial charge in [0.15, 0.2) is 0 Å². The highest BCUT2D eigenvalue weighted by molar-refractivity contribution is 7.89. The van der Waals surface area contributed by atoms with Gasteiger partial charge in [0, 0.05) is 12.1 Å². The molecular weight excluding hydrogens is 298 g/mol. The maximum absolute atomic E-state index is 12.7. The fraction of sp³-hybridized carbons (Fsp3) is 0.462. The van der Waals surface area contributed by atoms with Crippen molar-refractivity contribution in [3.8, 4) is 11.5 Å². The van der Waals surface area contributed by atoms with Crippen LogP contribution in [-0.2, 0) is 14.8 Å². The molecule has 0 radical (unpaired) electrons. The van der Waals surface area contributed by atoms with Gasteiger partial charge < -0.3 is 14.6 Å². The molecule has 0 amide bonds. The van der Waals surface area contributed by atoms with Crippen molar-refractivity contribution >= 4 is 16.0 Å². The number of methoxy groups -OCH3 is 2. The van der Waals surface area contributed by atoms with Crippen LogP contribution in [-0.4, -0.2) is 50.6 Å². The summed E-state index contributed by atoms with van der Waals surface area (Å²) in [5, 5.41) is 8.91. The molecule has 0 aliphatic rings. The third-order valence-corrected chi connectivity index (χ3v) is 4.87. The maximum Gasteiger partial charge on any atom is 0.318 e. The van der Waals surface area contributed by atoms with Crippen molar-refractivity contribution in [3.05, 3.63) is 18.2 Å². The van der Waals surface area contributed by atoms with Gasteiger partial charge in [0.05, 0.1) is 14.2 Å². The minimum Gasteiger partial charge on any atom is -0.497 e. The number of sulfonamides is 1. The van der Waals surface area contributed by atoms with E-state index in [1.807, 2.05) is 0 Å². The van der Waals surface area contributed by atoms with Crippen molar-refractivity contribution in [3.63, 3.8) is 0 Å². The Morgan fingerprint density at radius 3 is 2.33 bits per heavy atom. The second-order valence-corrected chi connectivity index (χ2v) is 6.41. The standard InChI is InChI=1S/C13H19NO6S/c1-9(2)14(8-13(15)16)21(17,18)12-7-10(19-3)5-6-11(12)20-4/h5-7,9H,8H2,1-4H3,(H,15,16). The zero-order chi connectivity index (χ0) is 16.2. The van der Waals surface area contributed by atoms with E-state index in [1.165, 1.54) is 26.4 Å². The summed E-state index contributed by atoms with van der Waals surface area (Å²) in [6.45, 7) is 2.58. The zero-order valence-corrected chi connectivity index (χ0v) is 13.2. The summed E-state index contributed by atoms with van der Waals surface area (Å²) in [5.41, 5.74) is 0. The summed E-state index contributed by atoms with van der Waals surface area (Å²) in [7, 11) is -1.27. The van der Waals surface area contributed by atoms with Crippen molar-refractivity contribution in [1.29, 1.82) is 0 Å². The van der Waals surface area contributed by atoms with E-state index in [-0.39, 0.29) is 10.6 Å². The largest absolute Gasteiger partial charge is 0.497 e. The number of carbonyl (C=O) groups is 1. The van der Waals surface area contributed by atoms with E-state index in [2.05, 4.69) is 0 Å². The molecule has 1 aromatic rings. The Labute approximate surface area is 124 Å². The Bertz CT molecular complexity index is 611. The summed E-state index contributed by atoms with van der Waals surface area (Å²) in [4.78, 5) is 10.8. The van der Waals surface area contributed by atoms with E-state index < -0.39 is 28.6 Å². The fourth-order valence-corrected chi connectivity index (χ4v) is 3.55. The van der Waals surface area contributed by atoms with Crippen LogP contribution in [0.5, 0.6) is 11.5 Å². The summed E-state index contributed by atoms with van der Waals surface area (Å²) in [6, 6.07) is 3.83. The lowest BCUT2D eigenvalue weighted by molar-refractivity contribution is -0.137. The van der Waals surface area contributed by atoms with Crippen molar-refractivity contribution in [2.75, 3.05) is 20.8 Å². The molecule has 1 N–H and O–H groups in total. The molecule has 0 fully saturated rings. The quantitative estimate of drug-likeness (QED) is 0.812.